The number of nitrogens with zero attached hydrogens (tertiary/aromatic N) is 1. The van der Waals surface area contributed by atoms with Crippen LogP contribution in [0.15, 0.2) is 54.7 Å². The molecule has 3 rings (SSSR count). The van der Waals surface area contributed by atoms with Gasteiger partial charge in [0.1, 0.15) is 5.82 Å². The minimum absolute atomic E-state index is 0.279. The molecule has 1 aromatic heterocycles. The predicted molar refractivity (Wildman–Crippen MR) is 99.7 cm³/mol. The lowest BCUT2D eigenvalue weighted by molar-refractivity contribution is -0.118. The number of carbonyl (C=O) groups excluding carboxylic acids is 2. The Morgan fingerprint density at radius 2 is 1.69 bits per heavy atom. The Morgan fingerprint density at radius 1 is 1.04 bits per heavy atom. The normalized spacial score (nSPS) is 11.5. The summed E-state index contributed by atoms with van der Waals surface area (Å²) >= 11 is 0. The van der Waals surface area contributed by atoms with Gasteiger partial charge >= 0.3 is 0 Å². The Labute approximate surface area is 151 Å². The Bertz CT molecular complexity index is 983. The maximum absolute atomic E-state index is 14.0. The Morgan fingerprint density at radius 3 is 2.38 bits per heavy atom. The SMILES string of the molecule is CC(C)(C)NC(=O)C(=O)c1cn(Cc2ccccc2F)c2ccccc12. The standard InChI is InChI=1S/C21H21FN2O2/c1-21(2,3)23-20(26)19(25)16-13-24(18-11-7-5-9-15(16)18)12-14-8-4-6-10-17(14)22/h4-11,13H,12H2,1-3H3,(H,23,26). The van der Waals surface area contributed by atoms with Gasteiger partial charge in [0.2, 0.25) is 0 Å². The third-order valence-electron chi connectivity index (χ3n) is 4.03. The molecular formula is C21H21FN2O2. The molecule has 5 heteroatoms. The van der Waals surface area contributed by atoms with Gasteiger partial charge in [-0.05, 0) is 32.9 Å². The second-order valence-electron chi connectivity index (χ2n) is 7.31. The Balaban J connectivity index is 2.01. The fourth-order valence-corrected chi connectivity index (χ4v) is 2.89. The smallest absolute Gasteiger partial charge is 0.292 e. The number of hydrogen-bond acceptors (Lipinski definition) is 2. The van der Waals surface area contributed by atoms with Crippen LogP contribution in [0.3, 0.4) is 0 Å². The quantitative estimate of drug-likeness (QED) is 0.571. The molecule has 0 aliphatic rings. The van der Waals surface area contributed by atoms with E-state index in [0.29, 0.717) is 16.5 Å². The zero-order valence-corrected chi connectivity index (χ0v) is 15.0. The van der Waals surface area contributed by atoms with E-state index in [1.54, 1.807) is 35.0 Å². The van der Waals surface area contributed by atoms with Gasteiger partial charge in [-0.3, -0.25) is 9.59 Å². The monoisotopic (exact) mass is 352 g/mol. The van der Waals surface area contributed by atoms with Crippen LogP contribution in [0, 0.1) is 5.82 Å². The molecule has 0 fully saturated rings. The molecule has 134 valence electrons. The van der Waals surface area contributed by atoms with E-state index >= 15 is 0 Å². The van der Waals surface area contributed by atoms with Crippen molar-refractivity contribution in [1.82, 2.24) is 9.88 Å². The molecule has 2 aromatic carbocycles. The van der Waals surface area contributed by atoms with Crippen molar-refractivity contribution in [3.63, 3.8) is 0 Å². The first-order valence-corrected chi connectivity index (χ1v) is 8.44. The van der Waals surface area contributed by atoms with E-state index in [9.17, 15) is 14.0 Å². The molecule has 3 aromatic rings. The molecule has 0 saturated carbocycles. The third kappa shape index (κ3) is 3.67. The summed E-state index contributed by atoms with van der Waals surface area (Å²) in [6.07, 6.45) is 1.63. The molecule has 0 saturated heterocycles. The van der Waals surface area contributed by atoms with Crippen LogP contribution in [0.5, 0.6) is 0 Å². The zero-order chi connectivity index (χ0) is 18.9. The number of nitrogens with one attached hydrogen (secondary N) is 1. The fourth-order valence-electron chi connectivity index (χ4n) is 2.89. The molecule has 0 spiro atoms. The number of halogens is 1. The van der Waals surface area contributed by atoms with Crippen LogP contribution in [0.25, 0.3) is 10.9 Å². The van der Waals surface area contributed by atoms with Crippen molar-refractivity contribution in [1.29, 1.82) is 0 Å². The highest BCUT2D eigenvalue weighted by molar-refractivity contribution is 6.45. The van der Waals surface area contributed by atoms with E-state index in [0.717, 1.165) is 5.52 Å². The molecule has 0 radical (unpaired) electrons. The van der Waals surface area contributed by atoms with Crippen LogP contribution in [-0.2, 0) is 11.3 Å². The third-order valence-corrected chi connectivity index (χ3v) is 4.03. The average molecular weight is 352 g/mol. The van der Waals surface area contributed by atoms with Gasteiger partial charge in [-0.2, -0.15) is 0 Å². The lowest BCUT2D eigenvalue weighted by Gasteiger charge is -2.19. The molecule has 1 N–H and O–H groups in total. The molecule has 0 bridgehead atoms. The van der Waals surface area contributed by atoms with Crippen molar-refractivity contribution in [3.8, 4) is 0 Å². The molecular weight excluding hydrogens is 331 g/mol. The number of para-hydroxylation sites is 1. The van der Waals surface area contributed by atoms with Gasteiger partial charge in [-0.15, -0.1) is 0 Å². The van der Waals surface area contributed by atoms with E-state index < -0.39 is 17.2 Å². The molecule has 0 aliphatic heterocycles. The number of Topliss-reactive ketones (excluding diaryl/α,β-unsaturated/α-hetero) is 1. The summed E-state index contributed by atoms with van der Waals surface area (Å²) in [6, 6.07) is 13.8. The number of benzene rings is 2. The maximum atomic E-state index is 14.0. The van der Waals surface area contributed by atoms with Crippen LogP contribution >= 0.6 is 0 Å². The number of rotatable bonds is 4. The van der Waals surface area contributed by atoms with E-state index in [2.05, 4.69) is 5.32 Å². The van der Waals surface area contributed by atoms with E-state index in [1.807, 2.05) is 39.0 Å². The topological polar surface area (TPSA) is 51.1 Å². The molecule has 0 aliphatic carbocycles. The van der Waals surface area contributed by atoms with Crippen LogP contribution in [0.2, 0.25) is 0 Å². The van der Waals surface area contributed by atoms with Gasteiger partial charge in [0.25, 0.3) is 11.7 Å². The Kier molecular flexibility index (Phi) is 4.64. The largest absolute Gasteiger partial charge is 0.345 e. The predicted octanol–water partition coefficient (Wildman–Crippen LogP) is 3.93. The van der Waals surface area contributed by atoms with E-state index in [1.165, 1.54) is 6.07 Å². The minimum atomic E-state index is -0.647. The van der Waals surface area contributed by atoms with Gasteiger partial charge in [0.05, 0.1) is 12.1 Å². The highest BCUT2D eigenvalue weighted by atomic mass is 19.1. The molecule has 1 heterocycles. The number of fused-ring (bicyclic) bond motifs is 1. The van der Waals surface area contributed by atoms with E-state index in [4.69, 9.17) is 0 Å². The second-order valence-corrected chi connectivity index (χ2v) is 7.31. The number of ketones is 1. The summed E-state index contributed by atoms with van der Waals surface area (Å²) in [4.78, 5) is 25.0. The van der Waals surface area contributed by atoms with Crippen molar-refractivity contribution < 1.29 is 14.0 Å². The number of carbonyl (C=O) groups is 2. The lowest BCUT2D eigenvalue weighted by atomic mass is 10.1. The van der Waals surface area contributed by atoms with Crippen molar-refractivity contribution in [2.24, 2.45) is 0 Å². The molecule has 0 unspecified atom stereocenters. The molecule has 26 heavy (non-hydrogen) atoms. The summed E-state index contributed by atoms with van der Waals surface area (Å²) < 4.78 is 15.8. The number of hydrogen-bond donors (Lipinski definition) is 1. The second kappa shape index (κ2) is 6.75. The lowest BCUT2D eigenvalue weighted by Crippen LogP contribution is -2.44. The highest BCUT2D eigenvalue weighted by Crippen LogP contribution is 2.23. The van der Waals surface area contributed by atoms with Crippen LogP contribution in [0.1, 0.15) is 36.7 Å². The first kappa shape index (κ1) is 17.9. The highest BCUT2D eigenvalue weighted by Gasteiger charge is 2.25. The summed E-state index contributed by atoms with van der Waals surface area (Å²) in [7, 11) is 0. The summed E-state index contributed by atoms with van der Waals surface area (Å²) in [5, 5.41) is 3.37. The molecule has 0 atom stereocenters. The first-order valence-electron chi connectivity index (χ1n) is 8.44. The summed E-state index contributed by atoms with van der Waals surface area (Å²) in [5.41, 5.74) is 1.12. The van der Waals surface area contributed by atoms with Crippen molar-refractivity contribution >= 4 is 22.6 Å². The van der Waals surface area contributed by atoms with Gasteiger partial charge in [-0.1, -0.05) is 36.4 Å². The summed E-state index contributed by atoms with van der Waals surface area (Å²) in [5.74, 6) is -1.54. The van der Waals surface area contributed by atoms with Crippen LogP contribution in [-0.4, -0.2) is 21.8 Å². The van der Waals surface area contributed by atoms with Crippen molar-refractivity contribution in [3.05, 3.63) is 71.7 Å². The van der Waals surface area contributed by atoms with Crippen molar-refractivity contribution in [2.75, 3.05) is 0 Å². The number of amides is 1. The van der Waals surface area contributed by atoms with Gasteiger partial charge < -0.3 is 9.88 Å². The summed E-state index contributed by atoms with van der Waals surface area (Å²) in [6.45, 7) is 5.74. The van der Waals surface area contributed by atoms with Gasteiger partial charge in [0, 0.05) is 28.2 Å². The molecule has 1 amide bonds. The average Bonchev–Trinajstić information content (AvgIpc) is 2.93. The fraction of sp³-hybridized carbons (Fsp3) is 0.238. The van der Waals surface area contributed by atoms with Gasteiger partial charge in [-0.25, -0.2) is 4.39 Å². The van der Waals surface area contributed by atoms with Crippen molar-refractivity contribution in [2.45, 2.75) is 32.9 Å². The molecule has 4 nitrogen and oxygen atoms in total. The van der Waals surface area contributed by atoms with Gasteiger partial charge in [0.15, 0.2) is 0 Å². The Hall–Kier alpha value is -2.95. The van der Waals surface area contributed by atoms with Crippen LogP contribution in [0.4, 0.5) is 4.39 Å². The first-order chi connectivity index (χ1) is 12.3. The van der Waals surface area contributed by atoms with Crippen LogP contribution < -0.4 is 5.32 Å². The zero-order valence-electron chi connectivity index (χ0n) is 15.0. The minimum Gasteiger partial charge on any atom is -0.345 e. The maximum Gasteiger partial charge on any atom is 0.292 e. The number of aromatic nitrogens is 1. The van der Waals surface area contributed by atoms with E-state index in [-0.39, 0.29) is 12.4 Å².